The van der Waals surface area contributed by atoms with Crippen molar-refractivity contribution in [3.8, 4) is 0 Å². The highest BCUT2D eigenvalue weighted by molar-refractivity contribution is 5.89. The van der Waals surface area contributed by atoms with Gasteiger partial charge in [0.2, 0.25) is 5.82 Å². The number of amides is 1. The molecule has 0 aromatic carbocycles. The molecule has 1 amide bonds. The lowest BCUT2D eigenvalue weighted by atomic mass is 10.0. The Morgan fingerprint density at radius 3 is 2.72 bits per heavy atom. The number of nitrogens with zero attached hydrogens (tertiary/aromatic N) is 3. The summed E-state index contributed by atoms with van der Waals surface area (Å²) in [6, 6.07) is 0.402. The van der Waals surface area contributed by atoms with E-state index in [1.165, 1.54) is 12.8 Å². The summed E-state index contributed by atoms with van der Waals surface area (Å²) in [5, 5.41) is 3.68. The van der Waals surface area contributed by atoms with Gasteiger partial charge in [-0.25, -0.2) is 9.97 Å². The van der Waals surface area contributed by atoms with Crippen LogP contribution in [0.25, 0.3) is 0 Å². The zero-order valence-corrected chi connectivity index (χ0v) is 15.5. The summed E-state index contributed by atoms with van der Waals surface area (Å²) in [5.74, 6) is 0.341. The molecule has 1 aliphatic heterocycles. The maximum absolute atomic E-state index is 11.5. The third-order valence-corrected chi connectivity index (χ3v) is 5.73. The summed E-state index contributed by atoms with van der Waals surface area (Å²) in [7, 11) is 1.83. The van der Waals surface area contributed by atoms with Crippen LogP contribution in [0.4, 0.5) is 5.82 Å². The normalized spacial score (nSPS) is 22.5. The number of aromatic nitrogens is 2. The van der Waals surface area contributed by atoms with Gasteiger partial charge in [-0.1, -0.05) is 12.8 Å². The molecule has 138 valence electrons. The van der Waals surface area contributed by atoms with Crippen molar-refractivity contribution in [1.29, 1.82) is 0 Å². The Morgan fingerprint density at radius 1 is 1.36 bits per heavy atom. The quantitative estimate of drug-likeness (QED) is 0.806. The molecule has 1 aromatic rings. The fourth-order valence-electron chi connectivity index (χ4n) is 3.95. The summed E-state index contributed by atoms with van der Waals surface area (Å²) in [6.45, 7) is 6.56. The van der Waals surface area contributed by atoms with Crippen LogP contribution in [-0.2, 0) is 4.74 Å². The molecule has 3 rings (SSSR count). The van der Waals surface area contributed by atoms with Gasteiger partial charge in [0.05, 0.1) is 5.60 Å². The number of ether oxygens (including phenoxy) is 1. The topological polar surface area (TPSA) is 93.4 Å². The minimum Gasteiger partial charge on any atom is -0.377 e. The van der Waals surface area contributed by atoms with Crippen molar-refractivity contribution in [1.82, 2.24) is 15.3 Å². The molecular formula is C18H29N5O2. The Bertz CT molecular complexity index is 643. The van der Waals surface area contributed by atoms with Crippen LogP contribution >= 0.6 is 0 Å². The van der Waals surface area contributed by atoms with Crippen molar-refractivity contribution in [2.24, 2.45) is 5.73 Å². The van der Waals surface area contributed by atoms with E-state index in [4.69, 9.17) is 10.5 Å². The second kappa shape index (κ2) is 7.25. The summed E-state index contributed by atoms with van der Waals surface area (Å²) in [6.07, 6.45) is 5.83. The van der Waals surface area contributed by atoms with Crippen molar-refractivity contribution in [2.75, 3.05) is 31.6 Å². The Labute approximate surface area is 149 Å². The van der Waals surface area contributed by atoms with E-state index in [1.807, 2.05) is 21.0 Å². The summed E-state index contributed by atoms with van der Waals surface area (Å²) < 4.78 is 5.80. The summed E-state index contributed by atoms with van der Waals surface area (Å²) in [5.41, 5.74) is 7.19. The third kappa shape index (κ3) is 3.77. The van der Waals surface area contributed by atoms with E-state index in [0.717, 1.165) is 56.0 Å². The van der Waals surface area contributed by atoms with Gasteiger partial charge in [0.1, 0.15) is 5.82 Å². The predicted molar refractivity (Wildman–Crippen MR) is 96.9 cm³/mol. The molecule has 0 unspecified atom stereocenters. The van der Waals surface area contributed by atoms with E-state index >= 15 is 0 Å². The van der Waals surface area contributed by atoms with Gasteiger partial charge in [0, 0.05) is 44.0 Å². The molecule has 1 saturated carbocycles. The van der Waals surface area contributed by atoms with Crippen LogP contribution in [0.15, 0.2) is 0 Å². The maximum Gasteiger partial charge on any atom is 0.286 e. The molecule has 1 aromatic heterocycles. The first kappa shape index (κ1) is 18.1. The molecule has 0 radical (unpaired) electrons. The zero-order valence-electron chi connectivity index (χ0n) is 15.5. The van der Waals surface area contributed by atoms with Crippen LogP contribution in [0.2, 0.25) is 0 Å². The van der Waals surface area contributed by atoms with E-state index < -0.39 is 5.91 Å². The number of hydrogen-bond donors (Lipinski definition) is 2. The SMILES string of the molecule is COC1(CN[C@@H]2CCN(c3nc(C(N)=O)nc(C)c3C)C2)CCCC1. The number of anilines is 1. The molecule has 1 saturated heterocycles. The van der Waals surface area contributed by atoms with Crippen LogP contribution in [0.5, 0.6) is 0 Å². The standard InChI is InChI=1S/C18H29N5O2/c1-12-13(2)21-16(15(19)24)22-17(12)23-9-6-14(10-23)20-11-18(25-3)7-4-5-8-18/h14,20H,4-11H2,1-3H3,(H2,19,24)/t14-/m1/s1. The second-order valence-electron chi connectivity index (χ2n) is 7.35. The van der Waals surface area contributed by atoms with Crippen LogP contribution in [0, 0.1) is 13.8 Å². The molecule has 3 N–H and O–H groups in total. The van der Waals surface area contributed by atoms with Crippen LogP contribution in [-0.4, -0.2) is 54.3 Å². The van der Waals surface area contributed by atoms with Gasteiger partial charge in [0.25, 0.3) is 5.91 Å². The zero-order chi connectivity index (χ0) is 18.0. The first-order valence-electron chi connectivity index (χ1n) is 9.13. The average molecular weight is 347 g/mol. The maximum atomic E-state index is 11.5. The fraction of sp³-hybridized carbons (Fsp3) is 0.722. The molecule has 0 spiro atoms. The molecule has 7 nitrogen and oxygen atoms in total. The van der Waals surface area contributed by atoms with Gasteiger partial charge in [-0.15, -0.1) is 0 Å². The van der Waals surface area contributed by atoms with Gasteiger partial charge in [0.15, 0.2) is 0 Å². The van der Waals surface area contributed by atoms with Gasteiger partial charge in [-0.2, -0.15) is 0 Å². The number of primary amides is 1. The molecule has 0 bridgehead atoms. The Balaban J connectivity index is 1.66. The number of carbonyl (C=O) groups is 1. The van der Waals surface area contributed by atoms with Gasteiger partial charge in [-0.3, -0.25) is 4.79 Å². The van der Waals surface area contributed by atoms with Crippen molar-refractivity contribution in [2.45, 2.75) is 57.6 Å². The lowest BCUT2D eigenvalue weighted by Crippen LogP contribution is -2.45. The Morgan fingerprint density at radius 2 is 2.08 bits per heavy atom. The lowest BCUT2D eigenvalue weighted by molar-refractivity contribution is -0.00480. The number of hydrogen-bond acceptors (Lipinski definition) is 6. The average Bonchev–Trinajstić information content (AvgIpc) is 3.25. The van der Waals surface area contributed by atoms with Gasteiger partial charge < -0.3 is 20.7 Å². The summed E-state index contributed by atoms with van der Waals surface area (Å²) >= 11 is 0. The smallest absolute Gasteiger partial charge is 0.286 e. The monoisotopic (exact) mass is 347 g/mol. The second-order valence-corrected chi connectivity index (χ2v) is 7.35. The molecule has 7 heteroatoms. The number of nitrogens with two attached hydrogens (primary N) is 1. The molecule has 25 heavy (non-hydrogen) atoms. The van der Waals surface area contributed by atoms with Crippen molar-refractivity contribution in [3.63, 3.8) is 0 Å². The van der Waals surface area contributed by atoms with E-state index in [9.17, 15) is 4.79 Å². The molecular weight excluding hydrogens is 318 g/mol. The highest BCUT2D eigenvalue weighted by Crippen LogP contribution is 2.32. The molecule has 1 atom stereocenters. The number of carbonyl (C=O) groups excluding carboxylic acids is 1. The van der Waals surface area contributed by atoms with Crippen LogP contribution in [0.1, 0.15) is 54.0 Å². The largest absolute Gasteiger partial charge is 0.377 e. The van der Waals surface area contributed by atoms with E-state index in [1.54, 1.807) is 0 Å². The number of rotatable bonds is 6. The lowest BCUT2D eigenvalue weighted by Gasteiger charge is -2.29. The van der Waals surface area contributed by atoms with Gasteiger partial charge in [-0.05, 0) is 33.1 Å². The van der Waals surface area contributed by atoms with Crippen LogP contribution in [0.3, 0.4) is 0 Å². The van der Waals surface area contributed by atoms with Crippen LogP contribution < -0.4 is 16.0 Å². The third-order valence-electron chi connectivity index (χ3n) is 5.73. The van der Waals surface area contributed by atoms with E-state index in [0.29, 0.717) is 6.04 Å². The van der Waals surface area contributed by atoms with Crippen molar-refractivity contribution in [3.05, 3.63) is 17.1 Å². The molecule has 2 heterocycles. The summed E-state index contributed by atoms with van der Waals surface area (Å²) in [4.78, 5) is 22.3. The van der Waals surface area contributed by atoms with Crippen molar-refractivity contribution >= 4 is 11.7 Å². The first-order valence-corrected chi connectivity index (χ1v) is 9.13. The fourth-order valence-corrected chi connectivity index (χ4v) is 3.95. The first-order chi connectivity index (χ1) is 11.9. The minimum atomic E-state index is -0.582. The molecule has 2 aliphatic rings. The minimum absolute atomic E-state index is 0.00792. The van der Waals surface area contributed by atoms with Crippen molar-refractivity contribution < 1.29 is 9.53 Å². The predicted octanol–water partition coefficient (Wildman–Crippen LogP) is 1.32. The van der Waals surface area contributed by atoms with E-state index in [-0.39, 0.29) is 11.4 Å². The Kier molecular flexibility index (Phi) is 5.24. The number of nitrogens with one attached hydrogen (secondary N) is 1. The number of methoxy groups -OCH3 is 1. The van der Waals surface area contributed by atoms with Gasteiger partial charge >= 0.3 is 0 Å². The highest BCUT2D eigenvalue weighted by atomic mass is 16.5. The molecule has 2 fully saturated rings. The van der Waals surface area contributed by atoms with E-state index in [2.05, 4.69) is 20.2 Å². The Hall–Kier alpha value is -1.73. The highest BCUT2D eigenvalue weighted by Gasteiger charge is 2.35. The molecule has 1 aliphatic carbocycles. The number of aryl methyl sites for hydroxylation is 1.